The molecule has 0 aliphatic rings. The van der Waals surface area contributed by atoms with Crippen LogP contribution in [0.5, 0.6) is 0 Å². The maximum absolute atomic E-state index is 12.9. The van der Waals surface area contributed by atoms with Crippen molar-refractivity contribution in [2.75, 3.05) is 10.6 Å². The minimum absolute atomic E-state index is 0.161. The van der Waals surface area contributed by atoms with Gasteiger partial charge >= 0.3 is 6.18 Å². The lowest BCUT2D eigenvalue weighted by Gasteiger charge is -2.09. The van der Waals surface area contributed by atoms with Crippen molar-refractivity contribution in [2.45, 2.75) is 6.18 Å². The molecule has 3 aromatic rings. The van der Waals surface area contributed by atoms with Crippen LogP contribution in [0.25, 0.3) is 6.08 Å². The monoisotopic (exact) mass is 434 g/mol. The standard InChI is InChI=1S/C21H14ClF3N2O3/c22-17-9-3-13(12-16(17)21(23,24)25)4-10-19(28)26-14-5-7-15(8-6-14)27-20(29)18-2-1-11-30-18/h1-12H,(H,26,28)(H,27,29)/b10-4+. The summed E-state index contributed by atoms with van der Waals surface area (Å²) in [6.07, 6.45) is -0.846. The number of halogens is 4. The predicted octanol–water partition coefficient (Wildman–Crippen LogP) is 5.86. The lowest BCUT2D eigenvalue weighted by atomic mass is 10.1. The molecule has 0 spiro atoms. The van der Waals surface area contributed by atoms with Crippen molar-refractivity contribution >= 4 is 40.9 Å². The first-order chi connectivity index (χ1) is 14.2. The van der Waals surface area contributed by atoms with E-state index in [2.05, 4.69) is 10.6 Å². The fourth-order valence-electron chi connectivity index (χ4n) is 2.46. The lowest BCUT2D eigenvalue weighted by molar-refractivity contribution is -0.137. The van der Waals surface area contributed by atoms with E-state index >= 15 is 0 Å². The second-order valence-corrected chi connectivity index (χ2v) is 6.48. The molecule has 2 amide bonds. The van der Waals surface area contributed by atoms with Gasteiger partial charge in [0.15, 0.2) is 5.76 Å². The van der Waals surface area contributed by atoms with Gasteiger partial charge < -0.3 is 15.1 Å². The molecule has 0 aliphatic carbocycles. The van der Waals surface area contributed by atoms with E-state index in [0.29, 0.717) is 11.4 Å². The number of carbonyl (C=O) groups excluding carboxylic acids is 2. The smallest absolute Gasteiger partial charge is 0.417 e. The zero-order valence-corrected chi connectivity index (χ0v) is 15.9. The van der Waals surface area contributed by atoms with Crippen LogP contribution in [0, 0.1) is 0 Å². The van der Waals surface area contributed by atoms with E-state index < -0.39 is 28.6 Å². The van der Waals surface area contributed by atoms with E-state index in [1.165, 1.54) is 24.5 Å². The number of carbonyl (C=O) groups is 2. The van der Waals surface area contributed by atoms with Gasteiger partial charge in [0.2, 0.25) is 5.91 Å². The maximum atomic E-state index is 12.9. The third-order valence-electron chi connectivity index (χ3n) is 3.88. The van der Waals surface area contributed by atoms with Crippen molar-refractivity contribution in [2.24, 2.45) is 0 Å². The van der Waals surface area contributed by atoms with E-state index in [-0.39, 0.29) is 11.3 Å². The fraction of sp³-hybridized carbons (Fsp3) is 0.0476. The van der Waals surface area contributed by atoms with Crippen molar-refractivity contribution in [1.29, 1.82) is 0 Å². The van der Waals surface area contributed by atoms with Crippen molar-refractivity contribution in [3.05, 3.63) is 88.8 Å². The van der Waals surface area contributed by atoms with Gasteiger partial charge in [0.25, 0.3) is 5.91 Å². The molecule has 0 bridgehead atoms. The third-order valence-corrected chi connectivity index (χ3v) is 4.21. The van der Waals surface area contributed by atoms with Crippen molar-refractivity contribution in [1.82, 2.24) is 0 Å². The Balaban J connectivity index is 1.60. The zero-order chi connectivity index (χ0) is 21.7. The molecule has 0 saturated carbocycles. The predicted molar refractivity (Wildman–Crippen MR) is 107 cm³/mol. The number of hydrogen-bond acceptors (Lipinski definition) is 3. The summed E-state index contributed by atoms with van der Waals surface area (Å²) in [5.74, 6) is -0.791. The van der Waals surface area contributed by atoms with E-state index in [1.807, 2.05) is 0 Å². The molecule has 0 aliphatic heterocycles. The van der Waals surface area contributed by atoms with Crippen LogP contribution in [0.3, 0.4) is 0 Å². The second-order valence-electron chi connectivity index (χ2n) is 6.07. The summed E-state index contributed by atoms with van der Waals surface area (Å²) in [5, 5.41) is 4.79. The highest BCUT2D eigenvalue weighted by Crippen LogP contribution is 2.35. The highest BCUT2D eigenvalue weighted by molar-refractivity contribution is 6.31. The minimum Gasteiger partial charge on any atom is -0.459 e. The Labute approximate surface area is 174 Å². The molecule has 154 valence electrons. The molecule has 0 radical (unpaired) electrons. The van der Waals surface area contributed by atoms with Gasteiger partial charge in [0.1, 0.15) is 0 Å². The summed E-state index contributed by atoms with van der Waals surface area (Å²) < 4.78 is 43.7. The van der Waals surface area contributed by atoms with Crippen LogP contribution in [0.2, 0.25) is 5.02 Å². The van der Waals surface area contributed by atoms with Gasteiger partial charge in [-0.15, -0.1) is 0 Å². The Morgan fingerprint density at radius 2 is 1.63 bits per heavy atom. The molecule has 9 heteroatoms. The Bertz CT molecular complexity index is 1080. The van der Waals surface area contributed by atoms with Gasteiger partial charge in [0.05, 0.1) is 16.8 Å². The summed E-state index contributed by atoms with van der Waals surface area (Å²) in [6, 6.07) is 12.8. The SMILES string of the molecule is O=C(/C=C/c1ccc(Cl)c(C(F)(F)F)c1)Nc1ccc(NC(=O)c2ccco2)cc1. The van der Waals surface area contributed by atoms with Gasteiger partial charge in [-0.1, -0.05) is 17.7 Å². The van der Waals surface area contributed by atoms with Crippen LogP contribution in [0.4, 0.5) is 24.5 Å². The van der Waals surface area contributed by atoms with Crippen LogP contribution >= 0.6 is 11.6 Å². The van der Waals surface area contributed by atoms with E-state index in [0.717, 1.165) is 18.2 Å². The third kappa shape index (κ3) is 5.51. The molecular formula is C21H14ClF3N2O3. The van der Waals surface area contributed by atoms with E-state index in [9.17, 15) is 22.8 Å². The average Bonchev–Trinajstić information content (AvgIpc) is 3.23. The summed E-state index contributed by atoms with van der Waals surface area (Å²) >= 11 is 5.57. The molecule has 0 unspecified atom stereocenters. The van der Waals surface area contributed by atoms with Crippen LogP contribution < -0.4 is 10.6 Å². The first-order valence-corrected chi connectivity index (χ1v) is 8.91. The summed E-state index contributed by atoms with van der Waals surface area (Å²) in [7, 11) is 0. The summed E-state index contributed by atoms with van der Waals surface area (Å²) in [4.78, 5) is 23.9. The summed E-state index contributed by atoms with van der Waals surface area (Å²) in [5.41, 5.74) is 0.135. The number of amides is 2. The molecule has 2 N–H and O–H groups in total. The molecule has 2 aromatic carbocycles. The Kier molecular flexibility index (Phi) is 6.27. The topological polar surface area (TPSA) is 71.3 Å². The molecular weight excluding hydrogens is 421 g/mol. The normalized spacial score (nSPS) is 11.5. The lowest BCUT2D eigenvalue weighted by Crippen LogP contribution is -2.11. The number of hydrogen-bond donors (Lipinski definition) is 2. The molecule has 1 heterocycles. The minimum atomic E-state index is -4.59. The summed E-state index contributed by atoms with van der Waals surface area (Å²) in [6.45, 7) is 0. The van der Waals surface area contributed by atoms with Gasteiger partial charge in [-0.25, -0.2) is 0 Å². The molecule has 3 rings (SSSR count). The van der Waals surface area contributed by atoms with Crippen molar-refractivity contribution < 1.29 is 27.2 Å². The quantitative estimate of drug-likeness (QED) is 0.494. The first kappa shape index (κ1) is 21.2. The van der Waals surface area contributed by atoms with Crippen LogP contribution in [0.15, 0.2) is 71.4 Å². The van der Waals surface area contributed by atoms with Crippen molar-refractivity contribution in [3.63, 3.8) is 0 Å². The number of furan rings is 1. The number of nitrogens with one attached hydrogen (secondary N) is 2. The van der Waals surface area contributed by atoms with Gasteiger partial charge in [-0.3, -0.25) is 9.59 Å². The van der Waals surface area contributed by atoms with Crippen LogP contribution in [0.1, 0.15) is 21.7 Å². The second kappa shape index (κ2) is 8.87. The number of rotatable bonds is 5. The first-order valence-electron chi connectivity index (χ1n) is 8.53. The Morgan fingerprint density at radius 1 is 0.967 bits per heavy atom. The molecule has 5 nitrogen and oxygen atoms in total. The maximum Gasteiger partial charge on any atom is 0.417 e. The molecule has 0 atom stereocenters. The highest BCUT2D eigenvalue weighted by atomic mass is 35.5. The molecule has 0 saturated heterocycles. The molecule has 1 aromatic heterocycles. The number of anilines is 2. The largest absolute Gasteiger partial charge is 0.459 e. The number of benzene rings is 2. The zero-order valence-electron chi connectivity index (χ0n) is 15.2. The van der Waals surface area contributed by atoms with Crippen molar-refractivity contribution in [3.8, 4) is 0 Å². The molecule has 0 fully saturated rings. The van der Waals surface area contributed by atoms with Crippen LogP contribution in [-0.2, 0) is 11.0 Å². The van der Waals surface area contributed by atoms with E-state index in [1.54, 1.807) is 30.3 Å². The van der Waals surface area contributed by atoms with E-state index in [4.69, 9.17) is 16.0 Å². The fourth-order valence-corrected chi connectivity index (χ4v) is 2.68. The Morgan fingerprint density at radius 3 is 2.23 bits per heavy atom. The average molecular weight is 435 g/mol. The van der Waals surface area contributed by atoms with Gasteiger partial charge in [-0.05, 0) is 60.2 Å². The molecule has 30 heavy (non-hydrogen) atoms. The Hall–Kier alpha value is -3.52. The van der Waals surface area contributed by atoms with Gasteiger partial charge in [0, 0.05) is 17.5 Å². The van der Waals surface area contributed by atoms with Gasteiger partial charge in [-0.2, -0.15) is 13.2 Å². The highest BCUT2D eigenvalue weighted by Gasteiger charge is 2.33. The number of alkyl halides is 3. The van der Waals surface area contributed by atoms with Crippen LogP contribution in [-0.4, -0.2) is 11.8 Å².